The Morgan fingerprint density at radius 2 is 1.68 bits per heavy atom. The molecule has 0 spiro atoms. The van der Waals surface area contributed by atoms with Crippen molar-refractivity contribution in [3.63, 3.8) is 0 Å². The van der Waals surface area contributed by atoms with Crippen molar-refractivity contribution in [3.8, 4) is 11.5 Å². The number of hydrogen-bond acceptors (Lipinski definition) is 7. The third-order valence-corrected chi connectivity index (χ3v) is 5.51. The van der Waals surface area contributed by atoms with Gasteiger partial charge in [-0.15, -0.1) is 0 Å². The summed E-state index contributed by atoms with van der Waals surface area (Å²) >= 11 is 0. The summed E-state index contributed by atoms with van der Waals surface area (Å²) in [4.78, 5) is 38.5. The number of hydrazone groups is 1. The minimum absolute atomic E-state index is 0.0247. The first kappa shape index (κ1) is 26.1. The summed E-state index contributed by atoms with van der Waals surface area (Å²) in [5.74, 6) is -0.0338. The summed E-state index contributed by atoms with van der Waals surface area (Å²) in [6.45, 7) is 3.83. The van der Waals surface area contributed by atoms with Crippen LogP contribution in [0, 0.1) is 0 Å². The Balaban J connectivity index is 1.62. The molecule has 0 bridgehead atoms. The van der Waals surface area contributed by atoms with Crippen LogP contribution in [-0.2, 0) is 4.79 Å². The summed E-state index contributed by atoms with van der Waals surface area (Å²) in [5, 5.41) is 14.0. The first-order valence-electron chi connectivity index (χ1n) is 11.9. The summed E-state index contributed by atoms with van der Waals surface area (Å²) in [5.41, 5.74) is 3.24. The quantitative estimate of drug-likeness (QED) is 0.232. The van der Waals surface area contributed by atoms with Crippen LogP contribution in [0.1, 0.15) is 41.5 Å². The van der Waals surface area contributed by atoms with Gasteiger partial charge in [-0.05, 0) is 55.8 Å². The second-order valence-electron chi connectivity index (χ2n) is 8.57. The molecule has 10 heteroatoms. The van der Waals surface area contributed by atoms with Crippen LogP contribution < -0.4 is 25.8 Å². The molecule has 1 aromatic heterocycles. The van der Waals surface area contributed by atoms with Gasteiger partial charge in [0.25, 0.3) is 17.4 Å². The maximum absolute atomic E-state index is 13.3. The number of fused-ring (bicyclic) bond motifs is 1. The summed E-state index contributed by atoms with van der Waals surface area (Å²) in [6, 6.07) is 19.2. The number of carbonyl (C=O) groups excluding carboxylic acids is 2. The zero-order valence-electron chi connectivity index (χ0n) is 21.1. The number of nitrogens with one attached hydrogen (secondary N) is 3. The highest BCUT2D eigenvalue weighted by atomic mass is 16.5. The fraction of sp³-hybridized carbons (Fsp3) is 0.179. The number of amides is 2. The van der Waals surface area contributed by atoms with Crippen LogP contribution in [0.2, 0.25) is 0 Å². The maximum Gasteiger partial charge on any atom is 0.272 e. The molecule has 10 nitrogen and oxygen atoms in total. The minimum Gasteiger partial charge on any atom is -0.493 e. The van der Waals surface area contributed by atoms with Gasteiger partial charge in [0.2, 0.25) is 0 Å². The predicted molar refractivity (Wildman–Crippen MR) is 144 cm³/mol. The van der Waals surface area contributed by atoms with Gasteiger partial charge in [0.15, 0.2) is 17.5 Å². The normalized spacial score (nSPS) is 11.9. The zero-order valence-corrected chi connectivity index (χ0v) is 21.1. The van der Waals surface area contributed by atoms with Gasteiger partial charge in [-0.25, -0.2) is 10.5 Å². The molecule has 0 aliphatic rings. The number of ether oxygens (including phenoxy) is 2. The van der Waals surface area contributed by atoms with Gasteiger partial charge in [-0.3, -0.25) is 14.4 Å². The molecule has 0 radical (unpaired) electrons. The fourth-order valence-corrected chi connectivity index (χ4v) is 3.77. The van der Waals surface area contributed by atoms with Crippen LogP contribution >= 0.6 is 0 Å². The number of H-pyrrole nitrogens is 1. The Bertz CT molecular complexity index is 1530. The van der Waals surface area contributed by atoms with E-state index in [4.69, 9.17) is 9.47 Å². The Labute approximate surface area is 218 Å². The van der Waals surface area contributed by atoms with Gasteiger partial charge in [0, 0.05) is 10.9 Å². The monoisotopic (exact) mass is 513 g/mol. The molecular weight excluding hydrogens is 486 g/mol. The van der Waals surface area contributed by atoms with Gasteiger partial charge in [0.05, 0.1) is 24.8 Å². The fourth-order valence-electron chi connectivity index (χ4n) is 3.77. The topological polar surface area (TPSA) is 135 Å². The van der Waals surface area contributed by atoms with E-state index >= 15 is 0 Å². The molecular formula is C28H27N5O5. The van der Waals surface area contributed by atoms with Gasteiger partial charge in [-0.2, -0.15) is 10.2 Å². The standard InChI is InChI=1S/C28H27N5O5/c1-17(2)38-22-14-13-18(15-23(22)37-3)16-29-32-28(36)25(30-26(34)19-9-5-4-6-10-19)24-20-11-7-8-12-21(20)27(35)33-31-24/h4-17,25H,1-3H3,(H,30,34)(H,32,36)(H,33,35). The van der Waals surface area contributed by atoms with E-state index < -0.39 is 23.4 Å². The second kappa shape index (κ2) is 11.8. The van der Waals surface area contributed by atoms with E-state index in [2.05, 4.69) is 26.0 Å². The zero-order chi connectivity index (χ0) is 27.1. The van der Waals surface area contributed by atoms with Crippen LogP contribution in [0.5, 0.6) is 11.5 Å². The lowest BCUT2D eigenvalue weighted by molar-refractivity contribution is -0.123. The van der Waals surface area contributed by atoms with Crippen molar-refractivity contribution in [2.45, 2.75) is 26.0 Å². The van der Waals surface area contributed by atoms with E-state index in [-0.39, 0.29) is 11.8 Å². The molecule has 0 aliphatic carbocycles. The van der Waals surface area contributed by atoms with Gasteiger partial charge < -0.3 is 14.8 Å². The lowest BCUT2D eigenvalue weighted by atomic mass is 10.0. The number of hydrogen-bond donors (Lipinski definition) is 3. The van der Waals surface area contributed by atoms with Crippen LogP contribution in [0.4, 0.5) is 0 Å². The van der Waals surface area contributed by atoms with E-state index in [1.165, 1.54) is 13.3 Å². The smallest absolute Gasteiger partial charge is 0.272 e. The van der Waals surface area contributed by atoms with Crippen molar-refractivity contribution in [3.05, 3.63) is 100.0 Å². The molecule has 2 amide bonds. The summed E-state index contributed by atoms with van der Waals surface area (Å²) < 4.78 is 11.1. The Hall–Kier alpha value is -4.99. The summed E-state index contributed by atoms with van der Waals surface area (Å²) in [7, 11) is 1.53. The number of carbonyl (C=O) groups is 2. The first-order valence-corrected chi connectivity index (χ1v) is 11.9. The molecule has 4 rings (SSSR count). The lowest BCUT2D eigenvalue weighted by Gasteiger charge is -2.18. The Morgan fingerprint density at radius 3 is 2.39 bits per heavy atom. The third-order valence-electron chi connectivity index (χ3n) is 5.51. The third kappa shape index (κ3) is 6.04. The second-order valence-corrected chi connectivity index (χ2v) is 8.57. The molecule has 0 saturated heterocycles. The van der Waals surface area contributed by atoms with Crippen LogP contribution in [0.15, 0.2) is 82.7 Å². The van der Waals surface area contributed by atoms with E-state index in [1.54, 1.807) is 72.8 Å². The van der Waals surface area contributed by atoms with Crippen molar-refractivity contribution >= 4 is 28.8 Å². The Kier molecular flexibility index (Phi) is 8.12. The number of benzene rings is 3. The highest BCUT2D eigenvalue weighted by Crippen LogP contribution is 2.28. The molecule has 1 unspecified atom stereocenters. The molecule has 0 fully saturated rings. The highest BCUT2D eigenvalue weighted by molar-refractivity contribution is 5.99. The van der Waals surface area contributed by atoms with Gasteiger partial charge in [0.1, 0.15) is 5.69 Å². The largest absolute Gasteiger partial charge is 0.493 e. The minimum atomic E-state index is -1.25. The lowest BCUT2D eigenvalue weighted by Crippen LogP contribution is -2.40. The number of aromatic nitrogens is 2. The van der Waals surface area contributed by atoms with E-state index in [0.717, 1.165) is 0 Å². The van der Waals surface area contributed by atoms with Crippen LogP contribution in [0.3, 0.4) is 0 Å². The average molecular weight is 514 g/mol. The molecule has 0 saturated carbocycles. The molecule has 3 N–H and O–H groups in total. The number of rotatable bonds is 9. The van der Waals surface area contributed by atoms with E-state index in [0.29, 0.717) is 33.4 Å². The molecule has 38 heavy (non-hydrogen) atoms. The Morgan fingerprint density at radius 1 is 0.974 bits per heavy atom. The SMILES string of the molecule is COc1cc(C=NNC(=O)C(NC(=O)c2ccccc2)c2n[nH]c(=O)c3ccccc23)ccc1OC(C)C. The van der Waals surface area contributed by atoms with Crippen molar-refractivity contribution in [2.75, 3.05) is 7.11 Å². The molecule has 0 aliphatic heterocycles. The highest BCUT2D eigenvalue weighted by Gasteiger charge is 2.27. The van der Waals surface area contributed by atoms with Crippen LogP contribution in [-0.4, -0.2) is 41.4 Å². The van der Waals surface area contributed by atoms with E-state index in [9.17, 15) is 14.4 Å². The van der Waals surface area contributed by atoms with Crippen molar-refractivity contribution in [1.29, 1.82) is 0 Å². The first-order chi connectivity index (χ1) is 18.4. The summed E-state index contributed by atoms with van der Waals surface area (Å²) in [6.07, 6.45) is 1.41. The number of nitrogens with zero attached hydrogens (tertiary/aromatic N) is 2. The maximum atomic E-state index is 13.3. The molecule has 4 aromatic rings. The van der Waals surface area contributed by atoms with Gasteiger partial charge in [-0.1, -0.05) is 36.4 Å². The molecule has 1 atom stereocenters. The van der Waals surface area contributed by atoms with Gasteiger partial charge >= 0.3 is 0 Å². The molecule has 3 aromatic carbocycles. The van der Waals surface area contributed by atoms with Crippen molar-refractivity contribution in [2.24, 2.45) is 5.10 Å². The van der Waals surface area contributed by atoms with Crippen molar-refractivity contribution < 1.29 is 19.1 Å². The average Bonchev–Trinajstić information content (AvgIpc) is 2.93. The molecule has 194 valence electrons. The predicted octanol–water partition coefficient (Wildman–Crippen LogP) is 3.34. The van der Waals surface area contributed by atoms with Crippen LogP contribution in [0.25, 0.3) is 10.8 Å². The number of methoxy groups -OCH3 is 1. The number of aromatic amines is 1. The van der Waals surface area contributed by atoms with E-state index in [1.807, 2.05) is 13.8 Å². The molecule has 1 heterocycles. The van der Waals surface area contributed by atoms with Crippen molar-refractivity contribution in [1.82, 2.24) is 20.9 Å².